The predicted octanol–water partition coefficient (Wildman–Crippen LogP) is -0.00820. The Morgan fingerprint density at radius 2 is 1.19 bits per heavy atom. The van der Waals surface area contributed by atoms with Gasteiger partial charge in [0.25, 0.3) is 0 Å². The Kier molecular flexibility index (Phi) is 5.64. The average Bonchev–Trinajstić information content (AvgIpc) is 2.54. The lowest BCUT2D eigenvalue weighted by atomic mass is 10.1. The van der Waals surface area contributed by atoms with Gasteiger partial charge in [0.2, 0.25) is 0 Å². The minimum atomic E-state index is 0.0232. The third kappa shape index (κ3) is 2.55. The Morgan fingerprint density at radius 3 is 1.44 bits per heavy atom. The van der Waals surface area contributed by atoms with Gasteiger partial charge in [-0.15, -0.1) is 0 Å². The summed E-state index contributed by atoms with van der Waals surface area (Å²) in [5.74, 6) is 0. The average molecular weight is 233 g/mol. The summed E-state index contributed by atoms with van der Waals surface area (Å²) in [5.41, 5.74) is 0. The molecule has 4 atom stereocenters. The molecule has 0 unspecified atom stereocenters. The number of hydrogen-bond acceptors (Lipinski definition) is 5. The number of methoxy groups -OCH3 is 4. The Bertz CT molecular complexity index is 178. The van der Waals surface area contributed by atoms with E-state index in [4.69, 9.17) is 18.9 Å². The number of likely N-dealkylation sites (N-methyl/N-ethyl adjacent to an activating group) is 1. The highest BCUT2D eigenvalue weighted by atomic mass is 16.5. The molecule has 0 aromatic carbocycles. The van der Waals surface area contributed by atoms with Crippen LogP contribution >= 0.6 is 0 Å². The molecule has 0 aromatic heterocycles. The molecule has 0 radical (unpaired) electrons. The molecule has 16 heavy (non-hydrogen) atoms. The van der Waals surface area contributed by atoms with E-state index in [-0.39, 0.29) is 24.3 Å². The van der Waals surface area contributed by atoms with Crippen molar-refractivity contribution in [3.05, 3.63) is 0 Å². The second kappa shape index (κ2) is 6.51. The normalized spacial score (nSPS) is 35.8. The van der Waals surface area contributed by atoms with Gasteiger partial charge in [0.1, 0.15) is 12.2 Å². The topological polar surface area (TPSA) is 40.2 Å². The zero-order valence-electron chi connectivity index (χ0n) is 10.8. The fourth-order valence-electron chi connectivity index (χ4n) is 2.50. The monoisotopic (exact) mass is 233 g/mol. The van der Waals surface area contributed by atoms with Crippen molar-refractivity contribution >= 4 is 0 Å². The summed E-state index contributed by atoms with van der Waals surface area (Å²) in [7, 11) is 8.88. The Hall–Kier alpha value is -0.200. The third-order valence-electron chi connectivity index (χ3n) is 3.35. The molecular formula is C11H23NO4. The van der Waals surface area contributed by atoms with Crippen LogP contribution in [0, 0.1) is 0 Å². The van der Waals surface area contributed by atoms with Gasteiger partial charge in [-0.05, 0) is 7.05 Å². The maximum Gasteiger partial charge on any atom is 0.103 e. The summed E-state index contributed by atoms with van der Waals surface area (Å²) >= 11 is 0. The Balaban J connectivity index is 2.79. The van der Waals surface area contributed by atoms with Crippen molar-refractivity contribution in [2.45, 2.75) is 24.3 Å². The Morgan fingerprint density at radius 1 is 0.812 bits per heavy atom. The van der Waals surface area contributed by atoms with Gasteiger partial charge in [-0.2, -0.15) is 0 Å². The lowest BCUT2D eigenvalue weighted by Crippen LogP contribution is -2.40. The van der Waals surface area contributed by atoms with Gasteiger partial charge in [0.05, 0.1) is 25.3 Å². The molecule has 1 aliphatic heterocycles. The van der Waals surface area contributed by atoms with Crippen molar-refractivity contribution in [2.24, 2.45) is 0 Å². The van der Waals surface area contributed by atoms with Crippen LogP contribution in [0.1, 0.15) is 0 Å². The van der Waals surface area contributed by atoms with Crippen LogP contribution in [0.5, 0.6) is 0 Å². The molecule has 0 bridgehead atoms. The second-order valence-corrected chi connectivity index (χ2v) is 4.11. The van der Waals surface area contributed by atoms with Crippen molar-refractivity contribution < 1.29 is 18.9 Å². The van der Waals surface area contributed by atoms with Crippen LogP contribution in [-0.4, -0.2) is 77.9 Å². The molecule has 1 heterocycles. The molecule has 1 aliphatic rings. The van der Waals surface area contributed by atoms with Crippen LogP contribution in [0.2, 0.25) is 0 Å². The fraction of sp³-hybridized carbons (Fsp3) is 1.00. The number of nitrogens with zero attached hydrogens (tertiary/aromatic N) is 1. The summed E-state index contributed by atoms with van der Waals surface area (Å²) in [6.45, 7) is 1.27. The van der Waals surface area contributed by atoms with E-state index in [2.05, 4.69) is 11.9 Å². The molecule has 96 valence electrons. The van der Waals surface area contributed by atoms with E-state index in [0.717, 1.165) is 0 Å². The maximum atomic E-state index is 5.52. The largest absolute Gasteiger partial charge is 0.383 e. The van der Waals surface area contributed by atoms with E-state index in [9.17, 15) is 0 Å². The molecule has 1 saturated heterocycles. The highest BCUT2D eigenvalue weighted by Gasteiger charge is 2.47. The molecule has 5 nitrogen and oxygen atoms in total. The summed E-state index contributed by atoms with van der Waals surface area (Å²) < 4.78 is 21.5. The van der Waals surface area contributed by atoms with Crippen LogP contribution in [0.25, 0.3) is 0 Å². The van der Waals surface area contributed by atoms with Gasteiger partial charge in [-0.1, -0.05) is 0 Å². The molecule has 5 heteroatoms. The van der Waals surface area contributed by atoms with Gasteiger partial charge in [-0.25, -0.2) is 0 Å². The van der Waals surface area contributed by atoms with Gasteiger partial charge >= 0.3 is 0 Å². The first kappa shape index (κ1) is 13.9. The van der Waals surface area contributed by atoms with Crippen molar-refractivity contribution in [1.82, 2.24) is 4.90 Å². The van der Waals surface area contributed by atoms with Crippen LogP contribution in [0.4, 0.5) is 0 Å². The van der Waals surface area contributed by atoms with Crippen LogP contribution in [0.15, 0.2) is 0 Å². The summed E-state index contributed by atoms with van der Waals surface area (Å²) in [4.78, 5) is 2.22. The van der Waals surface area contributed by atoms with E-state index < -0.39 is 0 Å². The highest BCUT2D eigenvalue weighted by Crippen LogP contribution is 2.28. The van der Waals surface area contributed by atoms with Crippen molar-refractivity contribution in [3.63, 3.8) is 0 Å². The summed E-state index contributed by atoms with van der Waals surface area (Å²) in [6, 6.07) is 0.417. The maximum absolute atomic E-state index is 5.52. The third-order valence-corrected chi connectivity index (χ3v) is 3.35. The number of likely N-dealkylation sites (tertiary alicyclic amines) is 1. The van der Waals surface area contributed by atoms with Crippen LogP contribution < -0.4 is 0 Å². The lowest BCUT2D eigenvalue weighted by molar-refractivity contribution is -0.0418. The molecule has 0 amide bonds. The first-order valence-corrected chi connectivity index (χ1v) is 5.46. The van der Waals surface area contributed by atoms with Gasteiger partial charge in [0, 0.05) is 28.4 Å². The van der Waals surface area contributed by atoms with E-state index in [0.29, 0.717) is 13.2 Å². The highest BCUT2D eigenvalue weighted by molar-refractivity contribution is 5.01. The van der Waals surface area contributed by atoms with E-state index in [1.54, 1.807) is 28.4 Å². The zero-order chi connectivity index (χ0) is 12.1. The molecule has 1 fully saturated rings. The van der Waals surface area contributed by atoms with E-state index in [1.165, 1.54) is 0 Å². The minimum absolute atomic E-state index is 0.0232. The molecule has 0 aliphatic carbocycles. The van der Waals surface area contributed by atoms with Gasteiger partial charge in [-0.3, -0.25) is 4.90 Å². The zero-order valence-corrected chi connectivity index (χ0v) is 10.8. The molecule has 0 saturated carbocycles. The first-order valence-electron chi connectivity index (χ1n) is 5.46. The SMILES string of the molecule is COC[C@@H]1[C@@H](OC)[C@H](OC)[C@H](COC)N1C. The van der Waals surface area contributed by atoms with E-state index >= 15 is 0 Å². The van der Waals surface area contributed by atoms with Crippen molar-refractivity contribution in [1.29, 1.82) is 0 Å². The first-order chi connectivity index (χ1) is 7.71. The smallest absolute Gasteiger partial charge is 0.103 e. The molecule has 0 N–H and O–H groups in total. The molecule has 1 rings (SSSR count). The Labute approximate surface area is 97.6 Å². The van der Waals surface area contributed by atoms with Crippen LogP contribution in [0.3, 0.4) is 0 Å². The van der Waals surface area contributed by atoms with Gasteiger partial charge in [0.15, 0.2) is 0 Å². The van der Waals surface area contributed by atoms with Crippen molar-refractivity contribution in [3.8, 4) is 0 Å². The fourth-order valence-corrected chi connectivity index (χ4v) is 2.50. The van der Waals surface area contributed by atoms with Crippen LogP contribution in [-0.2, 0) is 18.9 Å². The summed E-state index contributed by atoms with van der Waals surface area (Å²) in [6.07, 6.45) is 0.0465. The van der Waals surface area contributed by atoms with E-state index in [1.807, 2.05) is 0 Å². The molecule has 0 aromatic rings. The molecular weight excluding hydrogens is 210 g/mol. The number of hydrogen-bond donors (Lipinski definition) is 0. The van der Waals surface area contributed by atoms with Gasteiger partial charge < -0.3 is 18.9 Å². The minimum Gasteiger partial charge on any atom is -0.383 e. The van der Waals surface area contributed by atoms with Crippen molar-refractivity contribution in [2.75, 3.05) is 48.7 Å². The number of rotatable bonds is 6. The quantitative estimate of drug-likeness (QED) is 0.645. The standard InChI is InChI=1S/C11H23NO4/c1-12-8(6-13-2)10(15-4)11(16-5)9(12)7-14-3/h8-11H,6-7H2,1-5H3/t8-,9+,10-,11-/m1/s1. The molecule has 0 spiro atoms. The number of ether oxygens (including phenoxy) is 4. The predicted molar refractivity (Wildman–Crippen MR) is 60.7 cm³/mol. The second-order valence-electron chi connectivity index (χ2n) is 4.11. The summed E-state index contributed by atoms with van der Waals surface area (Å²) in [5, 5.41) is 0. The lowest BCUT2D eigenvalue weighted by Gasteiger charge is -2.25.